The lowest BCUT2D eigenvalue weighted by atomic mass is 9.85. The number of nitrogens with zero attached hydrogens (tertiary/aromatic N) is 1. The minimum Gasteiger partial charge on any atom is -0.479 e. The Labute approximate surface area is 200 Å². The van der Waals surface area contributed by atoms with E-state index in [0.717, 1.165) is 0 Å². The molecule has 33 heavy (non-hydrogen) atoms. The van der Waals surface area contributed by atoms with E-state index in [4.69, 9.17) is 27.9 Å². The number of rotatable bonds is 8. The number of benzene rings is 3. The van der Waals surface area contributed by atoms with Gasteiger partial charge in [0.05, 0.1) is 23.4 Å². The summed E-state index contributed by atoms with van der Waals surface area (Å²) in [5.74, 6) is -1.21. The van der Waals surface area contributed by atoms with Crippen molar-refractivity contribution >= 4 is 41.3 Å². The molecule has 3 aromatic rings. The zero-order valence-corrected chi connectivity index (χ0v) is 19.0. The molecule has 2 N–H and O–H groups in total. The van der Waals surface area contributed by atoms with Crippen LogP contribution in [0.2, 0.25) is 10.0 Å². The van der Waals surface area contributed by atoms with Gasteiger partial charge in [-0.15, -0.1) is 0 Å². The van der Waals surface area contributed by atoms with Crippen LogP contribution in [-0.2, 0) is 19.9 Å². The van der Waals surface area contributed by atoms with Crippen molar-refractivity contribution in [2.24, 2.45) is 5.10 Å². The van der Waals surface area contributed by atoms with Crippen LogP contribution in [0.25, 0.3) is 0 Å². The zero-order chi connectivity index (χ0) is 23.8. The van der Waals surface area contributed by atoms with Crippen molar-refractivity contribution in [1.29, 1.82) is 0 Å². The van der Waals surface area contributed by atoms with Crippen molar-refractivity contribution in [3.05, 3.63) is 99.5 Å². The molecule has 0 atom stereocenters. The summed E-state index contributed by atoms with van der Waals surface area (Å²) in [5, 5.41) is 15.6. The summed E-state index contributed by atoms with van der Waals surface area (Å²) in [6, 6.07) is 20.1. The van der Waals surface area contributed by atoms with Crippen molar-refractivity contribution in [2.75, 3.05) is 13.7 Å². The lowest BCUT2D eigenvalue weighted by molar-refractivity contribution is -0.143. The van der Waals surface area contributed by atoms with Gasteiger partial charge in [0, 0.05) is 0 Å². The molecule has 0 spiro atoms. The molecule has 0 radical (unpaired) electrons. The molecule has 7 nitrogen and oxygen atoms in total. The minimum absolute atomic E-state index is 0.118. The highest BCUT2D eigenvalue weighted by Crippen LogP contribution is 2.34. The maximum Gasteiger partial charge on any atom is 0.343 e. The van der Waals surface area contributed by atoms with Gasteiger partial charge in [0.15, 0.2) is 18.0 Å². The monoisotopic (exact) mass is 486 g/mol. The number of halogens is 2. The summed E-state index contributed by atoms with van der Waals surface area (Å²) < 4.78 is 9.79. The third-order valence-corrected chi connectivity index (χ3v) is 5.24. The standard InChI is InChI=1S/C24H20Cl2N2O5/c1-32-21(29)15-33-22-19(25)12-16(13-20(22)26)14-27-28-23(30)24(31,17-8-4-2-5-9-17)18-10-6-3-7-11-18/h2-14,31H,15H2,1H3,(H,28,30)/b27-14+. The summed E-state index contributed by atoms with van der Waals surface area (Å²) in [7, 11) is 1.24. The number of hydrogen-bond acceptors (Lipinski definition) is 6. The van der Waals surface area contributed by atoms with Gasteiger partial charge >= 0.3 is 5.97 Å². The fraction of sp³-hybridized carbons (Fsp3) is 0.125. The quantitative estimate of drug-likeness (QED) is 0.285. The SMILES string of the molecule is COC(=O)COc1c(Cl)cc(/C=N/NC(=O)C(O)(c2ccccc2)c2ccccc2)cc1Cl. The van der Waals surface area contributed by atoms with Crippen molar-refractivity contribution in [1.82, 2.24) is 5.43 Å². The zero-order valence-electron chi connectivity index (χ0n) is 17.5. The largest absolute Gasteiger partial charge is 0.479 e. The normalized spacial score (nSPS) is 11.3. The van der Waals surface area contributed by atoms with Gasteiger partial charge in [-0.2, -0.15) is 5.10 Å². The number of carbonyl (C=O) groups is 2. The highest BCUT2D eigenvalue weighted by Gasteiger charge is 2.39. The van der Waals surface area contributed by atoms with Crippen LogP contribution in [-0.4, -0.2) is 36.9 Å². The van der Waals surface area contributed by atoms with E-state index in [1.54, 1.807) is 60.7 Å². The highest BCUT2D eigenvalue weighted by atomic mass is 35.5. The van der Waals surface area contributed by atoms with Crippen LogP contribution >= 0.6 is 23.2 Å². The second-order valence-corrected chi connectivity index (χ2v) is 7.63. The van der Waals surface area contributed by atoms with Gasteiger partial charge < -0.3 is 14.6 Å². The number of ether oxygens (including phenoxy) is 2. The Bertz CT molecular complexity index is 1090. The third-order valence-electron chi connectivity index (χ3n) is 4.67. The van der Waals surface area contributed by atoms with Gasteiger partial charge in [-0.05, 0) is 28.8 Å². The Morgan fingerprint density at radius 3 is 2.00 bits per heavy atom. The summed E-state index contributed by atoms with van der Waals surface area (Å²) >= 11 is 12.4. The van der Waals surface area contributed by atoms with Gasteiger partial charge in [-0.25, -0.2) is 10.2 Å². The van der Waals surface area contributed by atoms with Crippen molar-refractivity contribution in [3.63, 3.8) is 0 Å². The Hall–Kier alpha value is -3.39. The van der Waals surface area contributed by atoms with Crippen molar-refractivity contribution < 1.29 is 24.2 Å². The third kappa shape index (κ3) is 5.70. The number of aliphatic hydroxyl groups is 1. The predicted molar refractivity (Wildman–Crippen MR) is 126 cm³/mol. The first-order chi connectivity index (χ1) is 15.9. The Kier molecular flexibility index (Phi) is 8.06. The van der Waals surface area contributed by atoms with Gasteiger partial charge in [0.2, 0.25) is 0 Å². The highest BCUT2D eigenvalue weighted by molar-refractivity contribution is 6.37. The van der Waals surface area contributed by atoms with Crippen LogP contribution in [0, 0.1) is 0 Å². The molecule has 0 unspecified atom stereocenters. The van der Waals surface area contributed by atoms with E-state index in [2.05, 4.69) is 15.3 Å². The number of hydrogen-bond donors (Lipinski definition) is 2. The van der Waals surface area contributed by atoms with E-state index in [0.29, 0.717) is 16.7 Å². The van der Waals surface area contributed by atoms with Crippen LogP contribution in [0.1, 0.15) is 16.7 Å². The predicted octanol–water partition coefficient (Wildman–Crippen LogP) is 3.93. The summed E-state index contributed by atoms with van der Waals surface area (Å²) in [4.78, 5) is 24.3. The second kappa shape index (κ2) is 11.0. The molecule has 0 saturated carbocycles. The number of carbonyl (C=O) groups excluding carboxylic acids is 2. The molecule has 0 heterocycles. The molecule has 1 amide bonds. The Morgan fingerprint density at radius 2 is 1.52 bits per heavy atom. The topological polar surface area (TPSA) is 97.2 Å². The fourth-order valence-electron chi connectivity index (χ4n) is 3.02. The molecule has 3 aromatic carbocycles. The minimum atomic E-state index is -1.96. The van der Waals surface area contributed by atoms with Crippen LogP contribution in [0.15, 0.2) is 77.9 Å². The number of nitrogens with one attached hydrogen (secondary N) is 1. The van der Waals surface area contributed by atoms with E-state index in [1.807, 2.05) is 0 Å². The molecular formula is C24H20Cl2N2O5. The average Bonchev–Trinajstić information content (AvgIpc) is 2.83. The van der Waals surface area contributed by atoms with Crippen LogP contribution in [0.4, 0.5) is 0 Å². The first-order valence-corrected chi connectivity index (χ1v) is 10.5. The summed E-state index contributed by atoms with van der Waals surface area (Å²) in [6.07, 6.45) is 1.32. The molecule has 9 heteroatoms. The first-order valence-electron chi connectivity index (χ1n) is 9.72. The first kappa shape index (κ1) is 24.3. The molecule has 170 valence electrons. The lowest BCUT2D eigenvalue weighted by Crippen LogP contribution is -2.43. The van der Waals surface area contributed by atoms with E-state index in [9.17, 15) is 14.7 Å². The fourth-order valence-corrected chi connectivity index (χ4v) is 3.63. The lowest BCUT2D eigenvalue weighted by Gasteiger charge is -2.27. The van der Waals surface area contributed by atoms with E-state index in [1.165, 1.54) is 25.5 Å². The van der Waals surface area contributed by atoms with Gasteiger partial charge in [0.1, 0.15) is 0 Å². The molecule has 0 aromatic heterocycles. The Balaban J connectivity index is 1.80. The molecular weight excluding hydrogens is 467 g/mol. The second-order valence-electron chi connectivity index (χ2n) is 6.82. The average molecular weight is 487 g/mol. The molecule has 3 rings (SSSR count). The number of amides is 1. The van der Waals surface area contributed by atoms with Gasteiger partial charge in [-0.1, -0.05) is 83.9 Å². The molecule has 0 aliphatic heterocycles. The summed E-state index contributed by atoms with van der Waals surface area (Å²) in [6.45, 7) is -0.350. The van der Waals surface area contributed by atoms with Crippen LogP contribution in [0.5, 0.6) is 5.75 Å². The molecule has 0 fully saturated rings. The number of methoxy groups -OCH3 is 1. The van der Waals surface area contributed by atoms with Crippen molar-refractivity contribution in [2.45, 2.75) is 5.60 Å². The molecule has 0 aliphatic carbocycles. The van der Waals surface area contributed by atoms with Gasteiger partial charge in [0.25, 0.3) is 5.91 Å². The smallest absolute Gasteiger partial charge is 0.343 e. The van der Waals surface area contributed by atoms with Crippen LogP contribution in [0.3, 0.4) is 0 Å². The van der Waals surface area contributed by atoms with E-state index in [-0.39, 0.29) is 22.4 Å². The van der Waals surface area contributed by atoms with Crippen LogP contribution < -0.4 is 10.2 Å². The number of hydrazone groups is 1. The maximum absolute atomic E-state index is 13.0. The van der Waals surface area contributed by atoms with Gasteiger partial charge in [-0.3, -0.25) is 4.79 Å². The van der Waals surface area contributed by atoms with E-state index >= 15 is 0 Å². The molecule has 0 bridgehead atoms. The maximum atomic E-state index is 13.0. The van der Waals surface area contributed by atoms with Crippen molar-refractivity contribution in [3.8, 4) is 5.75 Å². The Morgan fingerprint density at radius 1 is 1.00 bits per heavy atom. The number of esters is 1. The summed E-state index contributed by atoms with van der Waals surface area (Å²) in [5.41, 5.74) is 1.65. The van der Waals surface area contributed by atoms with E-state index < -0.39 is 17.5 Å². The molecule has 0 aliphatic rings. The molecule has 0 saturated heterocycles.